The van der Waals surface area contributed by atoms with Gasteiger partial charge in [0.25, 0.3) is 0 Å². The van der Waals surface area contributed by atoms with Gasteiger partial charge in [0.1, 0.15) is 5.82 Å². The van der Waals surface area contributed by atoms with Crippen LogP contribution in [0.25, 0.3) is 33.3 Å². The van der Waals surface area contributed by atoms with Crippen molar-refractivity contribution in [2.24, 2.45) is 0 Å². The van der Waals surface area contributed by atoms with Gasteiger partial charge in [-0.2, -0.15) is 0 Å². The van der Waals surface area contributed by atoms with Crippen LogP contribution < -0.4 is 5.56 Å². The molecule has 0 bridgehead atoms. The second kappa shape index (κ2) is 6.67. The number of aromatic nitrogens is 3. The number of nitrogens with zero attached hydrogens (tertiary/aromatic N) is 2. The highest BCUT2D eigenvalue weighted by molar-refractivity contribution is 5.84. The van der Waals surface area contributed by atoms with Crippen molar-refractivity contribution >= 4 is 21.9 Å². The van der Waals surface area contributed by atoms with E-state index in [1.165, 1.54) is 12.1 Å². The van der Waals surface area contributed by atoms with E-state index in [-0.39, 0.29) is 12.1 Å². The van der Waals surface area contributed by atoms with E-state index in [1.54, 1.807) is 0 Å². The lowest BCUT2D eigenvalue weighted by atomic mass is 10.1. The van der Waals surface area contributed by atoms with Crippen molar-refractivity contribution in [2.75, 3.05) is 0 Å². The molecule has 142 valence electrons. The fourth-order valence-corrected chi connectivity index (χ4v) is 3.68. The number of benzene rings is 3. The fourth-order valence-electron chi connectivity index (χ4n) is 3.68. The van der Waals surface area contributed by atoms with E-state index < -0.39 is 17.2 Å². The Morgan fingerprint density at radius 1 is 0.931 bits per heavy atom. The summed E-state index contributed by atoms with van der Waals surface area (Å²) < 4.78 is 29.9. The van der Waals surface area contributed by atoms with E-state index in [0.717, 1.165) is 28.5 Å². The number of pyridine rings is 1. The topological polar surface area (TPSA) is 50.7 Å². The number of hydrogen-bond donors (Lipinski definition) is 1. The Kier molecular flexibility index (Phi) is 3.98. The summed E-state index contributed by atoms with van der Waals surface area (Å²) >= 11 is 0. The molecule has 5 rings (SSSR count). The molecule has 0 amide bonds. The summed E-state index contributed by atoms with van der Waals surface area (Å²) in [4.78, 5) is 19.3. The summed E-state index contributed by atoms with van der Waals surface area (Å²) in [5.41, 5.74) is 2.61. The number of nitrogens with one attached hydrogen (secondary N) is 1. The standard InChI is InChI=1S/C23H15F2N3O/c24-17-11-10-16-15(12-20(29)27-22(16)21(17)25)13-28-19-9-5-4-8-18(19)26-23(28)14-6-2-1-3-7-14/h1-12H,13H2,(H,27,29). The SMILES string of the molecule is O=c1cc(Cn2c(-c3ccccc3)nc3ccccc32)c2ccc(F)c(F)c2[nH]1. The molecule has 3 aromatic carbocycles. The molecule has 1 N–H and O–H groups in total. The molecule has 0 spiro atoms. The number of imidazole rings is 1. The fraction of sp³-hybridized carbons (Fsp3) is 0.0435. The first-order chi connectivity index (χ1) is 14.1. The number of rotatable bonds is 3. The molecule has 0 saturated heterocycles. The lowest BCUT2D eigenvalue weighted by Crippen LogP contribution is -2.11. The first-order valence-corrected chi connectivity index (χ1v) is 9.12. The van der Waals surface area contributed by atoms with Gasteiger partial charge in [-0.3, -0.25) is 4.79 Å². The molecule has 4 nitrogen and oxygen atoms in total. The summed E-state index contributed by atoms with van der Waals surface area (Å²) in [6.45, 7) is 0.288. The van der Waals surface area contributed by atoms with E-state index in [2.05, 4.69) is 4.98 Å². The third-order valence-corrected chi connectivity index (χ3v) is 5.01. The maximum Gasteiger partial charge on any atom is 0.248 e. The maximum absolute atomic E-state index is 14.3. The second-order valence-corrected chi connectivity index (χ2v) is 6.82. The van der Waals surface area contributed by atoms with Gasteiger partial charge in [-0.25, -0.2) is 13.8 Å². The van der Waals surface area contributed by atoms with Crippen molar-refractivity contribution in [2.45, 2.75) is 6.54 Å². The van der Waals surface area contributed by atoms with Crippen molar-refractivity contribution < 1.29 is 8.78 Å². The van der Waals surface area contributed by atoms with Crippen LogP contribution in [0.5, 0.6) is 0 Å². The van der Waals surface area contributed by atoms with E-state index in [4.69, 9.17) is 4.98 Å². The summed E-state index contributed by atoms with van der Waals surface area (Å²) in [5.74, 6) is -1.31. The summed E-state index contributed by atoms with van der Waals surface area (Å²) in [6, 6.07) is 21.4. The van der Waals surface area contributed by atoms with Gasteiger partial charge in [0.05, 0.1) is 23.1 Å². The quantitative estimate of drug-likeness (QED) is 0.480. The molecule has 5 aromatic rings. The van der Waals surface area contributed by atoms with Gasteiger partial charge in [0, 0.05) is 17.0 Å². The van der Waals surface area contributed by atoms with Crippen LogP contribution in [0.4, 0.5) is 8.78 Å². The van der Waals surface area contributed by atoms with Crippen LogP contribution in [-0.4, -0.2) is 14.5 Å². The molecule has 0 unspecified atom stereocenters. The summed E-state index contributed by atoms with van der Waals surface area (Å²) in [7, 11) is 0. The Morgan fingerprint density at radius 2 is 1.69 bits per heavy atom. The zero-order valence-corrected chi connectivity index (χ0v) is 15.2. The first kappa shape index (κ1) is 17.3. The minimum absolute atomic E-state index is 0.127. The highest BCUT2D eigenvalue weighted by Gasteiger charge is 2.16. The Labute approximate surface area is 164 Å². The highest BCUT2D eigenvalue weighted by atomic mass is 19.2. The predicted molar refractivity (Wildman–Crippen MR) is 109 cm³/mol. The average Bonchev–Trinajstić information content (AvgIpc) is 3.10. The van der Waals surface area contributed by atoms with Gasteiger partial charge in [0.2, 0.25) is 5.56 Å². The molecule has 0 aliphatic rings. The minimum Gasteiger partial charge on any atom is -0.319 e. The van der Waals surface area contributed by atoms with Gasteiger partial charge < -0.3 is 9.55 Å². The maximum atomic E-state index is 14.3. The van der Waals surface area contributed by atoms with E-state index in [9.17, 15) is 13.6 Å². The van der Waals surface area contributed by atoms with E-state index in [1.807, 2.05) is 59.2 Å². The number of H-pyrrole nitrogens is 1. The Balaban J connectivity index is 1.76. The van der Waals surface area contributed by atoms with Crippen molar-refractivity contribution in [1.82, 2.24) is 14.5 Å². The predicted octanol–water partition coefficient (Wildman–Crippen LogP) is 4.87. The van der Waals surface area contributed by atoms with Crippen molar-refractivity contribution in [1.29, 1.82) is 0 Å². The molecule has 2 aromatic heterocycles. The van der Waals surface area contributed by atoms with Crippen LogP contribution in [0.15, 0.2) is 77.6 Å². The summed E-state index contributed by atoms with van der Waals surface area (Å²) in [5, 5.41) is 0.459. The van der Waals surface area contributed by atoms with E-state index >= 15 is 0 Å². The molecule has 2 heterocycles. The van der Waals surface area contributed by atoms with Crippen molar-refractivity contribution in [3.8, 4) is 11.4 Å². The van der Waals surface area contributed by atoms with Gasteiger partial charge in [-0.1, -0.05) is 42.5 Å². The number of fused-ring (bicyclic) bond motifs is 2. The number of hydrogen-bond acceptors (Lipinski definition) is 2. The largest absolute Gasteiger partial charge is 0.319 e. The summed E-state index contributed by atoms with van der Waals surface area (Å²) in [6.07, 6.45) is 0. The molecular weight excluding hydrogens is 372 g/mol. The van der Waals surface area contributed by atoms with Gasteiger partial charge >= 0.3 is 0 Å². The molecule has 0 fully saturated rings. The third-order valence-electron chi connectivity index (χ3n) is 5.01. The molecule has 0 radical (unpaired) electrons. The monoisotopic (exact) mass is 387 g/mol. The highest BCUT2D eigenvalue weighted by Crippen LogP contribution is 2.28. The second-order valence-electron chi connectivity index (χ2n) is 6.82. The number of para-hydroxylation sites is 2. The average molecular weight is 387 g/mol. The lowest BCUT2D eigenvalue weighted by molar-refractivity contribution is 0.515. The Bertz CT molecular complexity index is 1420. The number of halogens is 2. The first-order valence-electron chi connectivity index (χ1n) is 9.12. The van der Waals surface area contributed by atoms with Gasteiger partial charge in [0.15, 0.2) is 11.6 Å². The molecule has 0 atom stereocenters. The zero-order valence-electron chi connectivity index (χ0n) is 15.2. The molecule has 0 saturated carbocycles. The number of aromatic amines is 1. The van der Waals surface area contributed by atoms with Crippen LogP contribution in [0.2, 0.25) is 0 Å². The minimum atomic E-state index is -1.06. The van der Waals surface area contributed by atoms with Crippen LogP contribution in [0.1, 0.15) is 5.56 Å². The van der Waals surface area contributed by atoms with Crippen LogP contribution in [0, 0.1) is 11.6 Å². The lowest BCUT2D eigenvalue weighted by Gasteiger charge is -2.12. The van der Waals surface area contributed by atoms with Crippen LogP contribution >= 0.6 is 0 Å². The Hall–Kier alpha value is -3.80. The molecule has 0 aliphatic heterocycles. The van der Waals surface area contributed by atoms with Crippen LogP contribution in [0.3, 0.4) is 0 Å². The van der Waals surface area contributed by atoms with Gasteiger partial charge in [-0.15, -0.1) is 0 Å². The normalized spacial score (nSPS) is 11.4. The third kappa shape index (κ3) is 2.89. The van der Waals surface area contributed by atoms with Crippen molar-refractivity contribution in [3.63, 3.8) is 0 Å². The van der Waals surface area contributed by atoms with E-state index in [0.29, 0.717) is 10.9 Å². The van der Waals surface area contributed by atoms with Crippen molar-refractivity contribution in [3.05, 3.63) is 100 Å². The zero-order chi connectivity index (χ0) is 20.0. The molecule has 29 heavy (non-hydrogen) atoms. The molecule has 0 aliphatic carbocycles. The molecule has 6 heteroatoms. The smallest absolute Gasteiger partial charge is 0.248 e. The molecular formula is C23H15F2N3O. The van der Waals surface area contributed by atoms with Gasteiger partial charge in [-0.05, 0) is 29.8 Å². The van der Waals surface area contributed by atoms with Crippen LogP contribution in [-0.2, 0) is 6.54 Å². The Morgan fingerprint density at radius 3 is 2.52 bits per heavy atom.